The van der Waals surface area contributed by atoms with Crippen LogP contribution in [0.25, 0.3) is 0 Å². The Labute approximate surface area is 126 Å². The second kappa shape index (κ2) is 8.19. The number of halogens is 1. The number of aliphatic carboxylic acids is 1. The minimum absolute atomic E-state index is 0.193. The third-order valence-electron chi connectivity index (χ3n) is 3.20. The molecule has 1 rings (SSSR count). The molecule has 0 aliphatic heterocycles. The number of hydrogen-bond donors (Lipinski definition) is 3. The first-order valence-corrected chi connectivity index (χ1v) is 7.29. The van der Waals surface area contributed by atoms with E-state index in [4.69, 9.17) is 5.11 Å². The Morgan fingerprint density at radius 3 is 2.45 bits per heavy atom. The lowest BCUT2D eigenvalue weighted by Gasteiger charge is -2.27. The highest BCUT2D eigenvalue weighted by atomic mass is 79.9. The number of hydrogen-bond acceptors (Lipinski definition) is 3. The van der Waals surface area contributed by atoms with Crippen molar-refractivity contribution in [2.75, 3.05) is 0 Å². The van der Waals surface area contributed by atoms with Crippen molar-refractivity contribution in [3.63, 3.8) is 0 Å². The Kier molecular flexibility index (Phi) is 6.91. The summed E-state index contributed by atoms with van der Waals surface area (Å²) in [6.07, 6.45) is 1.00. The monoisotopic (exact) mass is 342 g/mol. The molecule has 0 amide bonds. The number of carboxylic acid groups (broad SMARTS) is 1. The van der Waals surface area contributed by atoms with E-state index in [2.05, 4.69) is 15.9 Å². The molecule has 0 bridgehead atoms. The summed E-state index contributed by atoms with van der Waals surface area (Å²) in [5.74, 6) is -1.44. The van der Waals surface area contributed by atoms with E-state index in [9.17, 15) is 15.0 Å². The first kappa shape index (κ1) is 16.9. The molecule has 20 heavy (non-hydrogen) atoms. The summed E-state index contributed by atoms with van der Waals surface area (Å²) in [6, 6.07) is 9.45. The number of carbonyl (C=O) groups is 1. The van der Waals surface area contributed by atoms with E-state index in [1.807, 2.05) is 30.3 Å². The van der Waals surface area contributed by atoms with Crippen molar-refractivity contribution < 1.29 is 20.1 Å². The highest BCUT2D eigenvalue weighted by Crippen LogP contribution is 2.31. The predicted octanol–water partition coefficient (Wildman–Crippen LogP) is 2.51. The molecular weight excluding hydrogens is 324 g/mol. The van der Waals surface area contributed by atoms with Gasteiger partial charge in [0.05, 0.1) is 17.0 Å². The molecule has 0 aliphatic carbocycles. The standard InChI is InChI=1S/C15H19BrO4/c1-10(12(17)8-5-9-13(18)19)15(20)14(16)11-6-3-2-4-7-11/h2-7,9-10,12,14-15,17,20H,8H2,1H3,(H,18,19). The van der Waals surface area contributed by atoms with E-state index in [-0.39, 0.29) is 11.2 Å². The molecular formula is C15H19BrO4. The fourth-order valence-electron chi connectivity index (χ4n) is 1.85. The van der Waals surface area contributed by atoms with Crippen molar-refractivity contribution in [3.05, 3.63) is 48.0 Å². The van der Waals surface area contributed by atoms with Gasteiger partial charge in [-0.05, 0) is 12.0 Å². The summed E-state index contributed by atoms with van der Waals surface area (Å²) in [7, 11) is 0. The van der Waals surface area contributed by atoms with Crippen LogP contribution in [0.3, 0.4) is 0 Å². The largest absolute Gasteiger partial charge is 0.478 e. The molecule has 0 heterocycles. The quantitative estimate of drug-likeness (QED) is 0.525. The minimum Gasteiger partial charge on any atom is -0.478 e. The van der Waals surface area contributed by atoms with Crippen LogP contribution in [0.5, 0.6) is 0 Å². The summed E-state index contributed by atoms with van der Waals surface area (Å²) < 4.78 is 0. The summed E-state index contributed by atoms with van der Waals surface area (Å²) >= 11 is 3.44. The Morgan fingerprint density at radius 1 is 1.30 bits per heavy atom. The zero-order chi connectivity index (χ0) is 15.1. The Balaban J connectivity index is 2.61. The highest BCUT2D eigenvalue weighted by molar-refractivity contribution is 9.09. The van der Waals surface area contributed by atoms with Crippen molar-refractivity contribution >= 4 is 21.9 Å². The van der Waals surface area contributed by atoms with Crippen molar-refractivity contribution in [3.8, 4) is 0 Å². The summed E-state index contributed by atoms with van der Waals surface area (Å²) in [6.45, 7) is 1.74. The maximum absolute atomic E-state index is 10.4. The average Bonchev–Trinajstić information content (AvgIpc) is 2.45. The Morgan fingerprint density at radius 2 is 1.90 bits per heavy atom. The van der Waals surface area contributed by atoms with E-state index in [1.165, 1.54) is 6.08 Å². The molecule has 4 atom stereocenters. The summed E-state index contributed by atoms with van der Waals surface area (Å²) in [5, 5.41) is 28.7. The molecule has 0 fully saturated rings. The molecule has 0 radical (unpaired) electrons. The molecule has 0 aliphatic rings. The number of rotatable bonds is 7. The van der Waals surface area contributed by atoms with Crippen LogP contribution < -0.4 is 0 Å². The van der Waals surface area contributed by atoms with Gasteiger partial charge in [-0.3, -0.25) is 0 Å². The second-order valence-electron chi connectivity index (χ2n) is 4.71. The number of benzene rings is 1. The normalized spacial score (nSPS) is 17.6. The minimum atomic E-state index is -1.05. The Hall–Kier alpha value is -1.17. The van der Waals surface area contributed by atoms with Crippen LogP contribution in [-0.4, -0.2) is 33.5 Å². The van der Waals surface area contributed by atoms with Crippen molar-refractivity contribution in [2.24, 2.45) is 5.92 Å². The second-order valence-corrected chi connectivity index (χ2v) is 5.69. The van der Waals surface area contributed by atoms with Gasteiger partial charge in [0.15, 0.2) is 0 Å². The van der Waals surface area contributed by atoms with Gasteiger partial charge in [-0.1, -0.05) is 59.3 Å². The lowest BCUT2D eigenvalue weighted by molar-refractivity contribution is -0.131. The van der Waals surface area contributed by atoms with Gasteiger partial charge in [0.25, 0.3) is 0 Å². The van der Waals surface area contributed by atoms with Gasteiger partial charge >= 0.3 is 5.97 Å². The van der Waals surface area contributed by atoms with Gasteiger partial charge in [-0.2, -0.15) is 0 Å². The molecule has 1 aromatic carbocycles. The number of aliphatic hydroxyl groups excluding tert-OH is 2. The van der Waals surface area contributed by atoms with Crippen LogP contribution in [0.1, 0.15) is 23.7 Å². The smallest absolute Gasteiger partial charge is 0.327 e. The van der Waals surface area contributed by atoms with E-state index in [1.54, 1.807) is 6.92 Å². The van der Waals surface area contributed by atoms with E-state index in [0.717, 1.165) is 11.6 Å². The molecule has 0 spiro atoms. The molecule has 0 aromatic heterocycles. The first-order valence-electron chi connectivity index (χ1n) is 6.38. The zero-order valence-electron chi connectivity index (χ0n) is 11.2. The fourth-order valence-corrected chi connectivity index (χ4v) is 2.64. The predicted molar refractivity (Wildman–Crippen MR) is 80.7 cm³/mol. The Bertz CT molecular complexity index is 446. The van der Waals surface area contributed by atoms with Gasteiger partial charge in [0.1, 0.15) is 0 Å². The molecule has 4 nitrogen and oxygen atoms in total. The summed E-state index contributed by atoms with van der Waals surface area (Å²) in [5.41, 5.74) is 0.931. The van der Waals surface area contributed by atoms with Crippen LogP contribution in [0.4, 0.5) is 0 Å². The molecule has 5 heteroatoms. The molecule has 0 saturated heterocycles. The third-order valence-corrected chi connectivity index (χ3v) is 4.27. The van der Waals surface area contributed by atoms with Crippen molar-refractivity contribution in [1.82, 2.24) is 0 Å². The van der Waals surface area contributed by atoms with Gasteiger partial charge in [0.2, 0.25) is 0 Å². The number of carboxylic acids is 1. The van der Waals surface area contributed by atoms with Crippen LogP contribution in [0.2, 0.25) is 0 Å². The van der Waals surface area contributed by atoms with E-state index in [0.29, 0.717) is 0 Å². The van der Waals surface area contributed by atoms with Gasteiger partial charge in [-0.25, -0.2) is 4.79 Å². The first-order chi connectivity index (χ1) is 9.43. The molecule has 110 valence electrons. The van der Waals surface area contributed by atoms with Crippen LogP contribution in [0, 0.1) is 5.92 Å². The van der Waals surface area contributed by atoms with Gasteiger partial charge < -0.3 is 15.3 Å². The molecule has 3 N–H and O–H groups in total. The van der Waals surface area contributed by atoms with Crippen LogP contribution in [0.15, 0.2) is 42.5 Å². The molecule has 0 saturated carbocycles. The van der Waals surface area contributed by atoms with Crippen molar-refractivity contribution in [2.45, 2.75) is 30.4 Å². The maximum atomic E-state index is 10.4. The number of alkyl halides is 1. The zero-order valence-corrected chi connectivity index (χ0v) is 12.8. The van der Waals surface area contributed by atoms with Crippen molar-refractivity contribution in [1.29, 1.82) is 0 Å². The SMILES string of the molecule is CC(C(O)CC=CC(=O)O)C(O)C(Br)c1ccccc1. The summed E-state index contributed by atoms with van der Waals surface area (Å²) in [4.78, 5) is 10.1. The topological polar surface area (TPSA) is 77.8 Å². The van der Waals surface area contributed by atoms with E-state index < -0.39 is 24.1 Å². The highest BCUT2D eigenvalue weighted by Gasteiger charge is 2.28. The van der Waals surface area contributed by atoms with Gasteiger partial charge in [-0.15, -0.1) is 0 Å². The third kappa shape index (κ3) is 5.07. The molecule has 1 aromatic rings. The van der Waals surface area contributed by atoms with Gasteiger partial charge in [0, 0.05) is 12.0 Å². The number of aliphatic hydroxyl groups is 2. The maximum Gasteiger partial charge on any atom is 0.327 e. The van der Waals surface area contributed by atoms with Crippen LogP contribution in [-0.2, 0) is 4.79 Å². The fraction of sp³-hybridized carbons (Fsp3) is 0.400. The molecule has 4 unspecified atom stereocenters. The van der Waals surface area contributed by atoms with Crippen LogP contribution >= 0.6 is 15.9 Å². The lowest BCUT2D eigenvalue weighted by Crippen LogP contribution is -2.32. The average molecular weight is 343 g/mol. The lowest BCUT2D eigenvalue weighted by atomic mass is 9.91. The van der Waals surface area contributed by atoms with E-state index >= 15 is 0 Å².